The van der Waals surface area contributed by atoms with Crippen LogP contribution >= 0.6 is 0 Å². The molecule has 3 heteroatoms. The molecule has 2 rings (SSSR count). The highest BCUT2D eigenvalue weighted by atomic mass is 16.1. The second-order valence-electron chi connectivity index (χ2n) is 5.63. The Labute approximate surface area is 116 Å². The monoisotopic (exact) mass is 260 g/mol. The number of carbonyl (C=O) groups excluding carboxylic acids is 1. The van der Waals surface area contributed by atoms with E-state index in [1.807, 2.05) is 12.1 Å². The molecule has 0 saturated carbocycles. The molecule has 1 aliphatic rings. The van der Waals surface area contributed by atoms with Crippen LogP contribution < -0.4 is 5.32 Å². The number of aryl methyl sites for hydroxylation is 1. The average molecular weight is 260 g/mol. The molecule has 1 heterocycles. The molecule has 1 saturated heterocycles. The first-order chi connectivity index (χ1) is 9.08. The number of anilines is 1. The van der Waals surface area contributed by atoms with Gasteiger partial charge in [-0.05, 0) is 57.5 Å². The lowest BCUT2D eigenvalue weighted by Gasteiger charge is -2.32. The molecule has 1 aliphatic heterocycles. The van der Waals surface area contributed by atoms with Crippen molar-refractivity contribution in [1.82, 2.24) is 4.90 Å². The molecule has 1 unspecified atom stereocenters. The third kappa shape index (κ3) is 3.57. The molecule has 1 fully saturated rings. The predicted molar refractivity (Wildman–Crippen MR) is 79.4 cm³/mol. The Bertz CT molecular complexity index is 456. The van der Waals surface area contributed by atoms with Gasteiger partial charge >= 0.3 is 0 Å². The fourth-order valence-electron chi connectivity index (χ4n) is 2.70. The summed E-state index contributed by atoms with van der Waals surface area (Å²) in [4.78, 5) is 14.5. The Balaban J connectivity index is 1.95. The minimum absolute atomic E-state index is 0.132. The number of rotatable bonds is 3. The van der Waals surface area contributed by atoms with Crippen LogP contribution in [-0.2, 0) is 4.79 Å². The Morgan fingerprint density at radius 1 is 1.37 bits per heavy atom. The van der Waals surface area contributed by atoms with Crippen LogP contribution in [0.25, 0.3) is 0 Å². The number of nitrogens with one attached hydrogen (secondary N) is 1. The van der Waals surface area contributed by atoms with Gasteiger partial charge in [0.2, 0.25) is 5.91 Å². The van der Waals surface area contributed by atoms with Crippen molar-refractivity contribution >= 4 is 11.6 Å². The summed E-state index contributed by atoms with van der Waals surface area (Å²) in [7, 11) is 2.12. The highest BCUT2D eigenvalue weighted by Crippen LogP contribution is 2.21. The number of likely N-dealkylation sites (tertiary alicyclic amines) is 1. The molecule has 1 aromatic rings. The van der Waals surface area contributed by atoms with Crippen LogP contribution in [-0.4, -0.2) is 30.4 Å². The number of piperidine rings is 1. The van der Waals surface area contributed by atoms with E-state index in [4.69, 9.17) is 0 Å². The van der Waals surface area contributed by atoms with Gasteiger partial charge in [-0.2, -0.15) is 0 Å². The zero-order valence-electron chi connectivity index (χ0n) is 12.2. The van der Waals surface area contributed by atoms with Crippen molar-refractivity contribution in [2.75, 3.05) is 18.9 Å². The van der Waals surface area contributed by atoms with Crippen LogP contribution in [0.5, 0.6) is 0 Å². The molecule has 1 N–H and O–H groups in total. The highest BCUT2D eigenvalue weighted by Gasteiger charge is 2.21. The third-order valence-corrected chi connectivity index (χ3v) is 4.22. The van der Waals surface area contributed by atoms with Gasteiger partial charge in [0.15, 0.2) is 0 Å². The van der Waals surface area contributed by atoms with E-state index in [-0.39, 0.29) is 5.91 Å². The summed E-state index contributed by atoms with van der Waals surface area (Å²) in [5.41, 5.74) is 3.32. The Kier molecular flexibility index (Phi) is 4.59. The van der Waals surface area contributed by atoms with Gasteiger partial charge in [0, 0.05) is 18.2 Å². The lowest BCUT2D eigenvalue weighted by Crippen LogP contribution is -2.38. The van der Waals surface area contributed by atoms with Crippen molar-refractivity contribution < 1.29 is 4.79 Å². The van der Waals surface area contributed by atoms with Crippen LogP contribution in [0.3, 0.4) is 0 Å². The quantitative estimate of drug-likeness (QED) is 0.905. The molecular formula is C16H24N2O. The maximum Gasteiger partial charge on any atom is 0.225 e. The molecule has 0 radical (unpaired) electrons. The van der Waals surface area contributed by atoms with Crippen molar-refractivity contribution in [2.24, 2.45) is 0 Å². The third-order valence-electron chi connectivity index (χ3n) is 4.22. The van der Waals surface area contributed by atoms with Crippen molar-refractivity contribution in [3.05, 3.63) is 29.3 Å². The molecule has 0 aromatic heterocycles. The van der Waals surface area contributed by atoms with Gasteiger partial charge in [-0.15, -0.1) is 0 Å². The van der Waals surface area contributed by atoms with Crippen LogP contribution in [0.15, 0.2) is 18.2 Å². The Morgan fingerprint density at radius 2 is 2.16 bits per heavy atom. The molecule has 104 valence electrons. The summed E-state index contributed by atoms with van der Waals surface area (Å²) in [5.74, 6) is 0.132. The second kappa shape index (κ2) is 6.20. The zero-order chi connectivity index (χ0) is 13.8. The van der Waals surface area contributed by atoms with E-state index in [0.29, 0.717) is 12.5 Å². The summed E-state index contributed by atoms with van der Waals surface area (Å²) in [6.07, 6.45) is 4.23. The highest BCUT2D eigenvalue weighted by molar-refractivity contribution is 5.92. The van der Waals surface area contributed by atoms with Gasteiger partial charge in [0.1, 0.15) is 0 Å². The minimum atomic E-state index is 0.132. The molecule has 19 heavy (non-hydrogen) atoms. The predicted octanol–water partition coefficient (Wildman–Crippen LogP) is 3.12. The number of benzene rings is 1. The summed E-state index contributed by atoms with van der Waals surface area (Å²) >= 11 is 0. The van der Waals surface area contributed by atoms with E-state index in [9.17, 15) is 4.79 Å². The van der Waals surface area contributed by atoms with Gasteiger partial charge in [-0.1, -0.05) is 18.6 Å². The second-order valence-corrected chi connectivity index (χ2v) is 5.63. The van der Waals surface area contributed by atoms with Crippen LogP contribution in [0, 0.1) is 13.8 Å². The van der Waals surface area contributed by atoms with Crippen molar-refractivity contribution in [2.45, 2.75) is 45.6 Å². The standard InChI is InChI=1S/C16H24N2O/c1-12-7-6-9-15(13(12)2)17-16(19)11-14-8-4-5-10-18(14)3/h6-7,9,14H,4-5,8,10-11H2,1-3H3,(H,17,19). The van der Waals surface area contributed by atoms with E-state index in [0.717, 1.165) is 24.2 Å². The molecule has 1 atom stereocenters. The first kappa shape index (κ1) is 14.1. The van der Waals surface area contributed by atoms with E-state index in [1.54, 1.807) is 0 Å². The molecule has 3 nitrogen and oxygen atoms in total. The van der Waals surface area contributed by atoms with E-state index in [2.05, 4.69) is 37.2 Å². The Hall–Kier alpha value is -1.35. The molecule has 1 amide bonds. The number of amides is 1. The first-order valence-corrected chi connectivity index (χ1v) is 7.14. The fraction of sp³-hybridized carbons (Fsp3) is 0.562. The largest absolute Gasteiger partial charge is 0.326 e. The van der Waals surface area contributed by atoms with E-state index < -0.39 is 0 Å². The first-order valence-electron chi connectivity index (χ1n) is 7.14. The fourth-order valence-corrected chi connectivity index (χ4v) is 2.70. The lowest BCUT2D eigenvalue weighted by atomic mass is 9.99. The van der Waals surface area contributed by atoms with E-state index in [1.165, 1.54) is 18.4 Å². The number of hydrogen-bond donors (Lipinski definition) is 1. The zero-order valence-corrected chi connectivity index (χ0v) is 12.2. The molecule has 0 bridgehead atoms. The minimum Gasteiger partial charge on any atom is -0.326 e. The Morgan fingerprint density at radius 3 is 2.89 bits per heavy atom. The average Bonchev–Trinajstić information content (AvgIpc) is 2.38. The molecular weight excluding hydrogens is 236 g/mol. The van der Waals surface area contributed by atoms with Crippen molar-refractivity contribution in [3.63, 3.8) is 0 Å². The van der Waals surface area contributed by atoms with Gasteiger partial charge in [0.05, 0.1) is 0 Å². The summed E-state index contributed by atoms with van der Waals surface area (Å²) in [6.45, 7) is 5.24. The van der Waals surface area contributed by atoms with Crippen LogP contribution in [0.4, 0.5) is 5.69 Å². The van der Waals surface area contributed by atoms with Crippen molar-refractivity contribution in [1.29, 1.82) is 0 Å². The summed E-state index contributed by atoms with van der Waals surface area (Å²) in [6, 6.07) is 6.44. The van der Waals surface area contributed by atoms with Gasteiger partial charge < -0.3 is 10.2 Å². The lowest BCUT2D eigenvalue weighted by molar-refractivity contribution is -0.117. The molecule has 0 aliphatic carbocycles. The maximum absolute atomic E-state index is 12.2. The topological polar surface area (TPSA) is 32.3 Å². The van der Waals surface area contributed by atoms with Crippen LogP contribution in [0.2, 0.25) is 0 Å². The maximum atomic E-state index is 12.2. The summed E-state index contributed by atoms with van der Waals surface area (Å²) < 4.78 is 0. The van der Waals surface area contributed by atoms with Gasteiger partial charge in [-0.3, -0.25) is 4.79 Å². The number of carbonyl (C=O) groups is 1. The van der Waals surface area contributed by atoms with Crippen molar-refractivity contribution in [3.8, 4) is 0 Å². The van der Waals surface area contributed by atoms with Gasteiger partial charge in [-0.25, -0.2) is 0 Å². The smallest absolute Gasteiger partial charge is 0.225 e. The number of hydrogen-bond acceptors (Lipinski definition) is 2. The van der Waals surface area contributed by atoms with E-state index >= 15 is 0 Å². The number of nitrogens with zero attached hydrogens (tertiary/aromatic N) is 1. The molecule has 1 aromatic carbocycles. The molecule has 0 spiro atoms. The normalized spacial score (nSPS) is 20.3. The van der Waals surface area contributed by atoms with Crippen LogP contribution in [0.1, 0.15) is 36.8 Å². The SMILES string of the molecule is Cc1cccc(NC(=O)CC2CCCCN2C)c1C. The summed E-state index contributed by atoms with van der Waals surface area (Å²) in [5, 5.41) is 3.05. The van der Waals surface area contributed by atoms with Gasteiger partial charge in [0.25, 0.3) is 0 Å².